The average Bonchev–Trinajstić information content (AvgIpc) is 2.30. The van der Waals surface area contributed by atoms with Crippen molar-refractivity contribution < 1.29 is 4.74 Å². The lowest BCUT2D eigenvalue weighted by molar-refractivity contribution is 0.205. The van der Waals surface area contributed by atoms with Gasteiger partial charge in [-0.2, -0.15) is 5.10 Å². The molecule has 1 rings (SSSR count). The Kier molecular flexibility index (Phi) is 5.07. The molecular weight excluding hydrogens is 224 g/mol. The molecule has 0 radical (unpaired) electrons. The third kappa shape index (κ3) is 3.11. The monoisotopic (exact) mass is 240 g/mol. The maximum absolute atomic E-state index is 5.64. The van der Waals surface area contributed by atoms with E-state index in [1.807, 2.05) is 11.8 Å². The van der Waals surface area contributed by atoms with Crippen molar-refractivity contribution in [3.63, 3.8) is 0 Å². The van der Waals surface area contributed by atoms with E-state index >= 15 is 0 Å². The Bertz CT molecular complexity index is 358. The highest BCUT2D eigenvalue weighted by Gasteiger charge is 2.13. The molecular formula is C10H16N4OS. The third-order valence-corrected chi connectivity index (χ3v) is 2.43. The molecule has 0 aliphatic rings. The molecule has 1 aromatic heterocycles. The van der Waals surface area contributed by atoms with Gasteiger partial charge in [0.25, 0.3) is 0 Å². The van der Waals surface area contributed by atoms with Crippen LogP contribution in [-0.2, 0) is 4.74 Å². The standard InChI is InChI=1S/C10H16N4OS/c1-3-14(6-7-15-2)10-8(9(11)16)4-5-12-13-10/h4-5H,3,6-7H2,1-2H3,(H2,11,16). The quantitative estimate of drug-likeness (QED) is 0.734. The predicted molar refractivity (Wildman–Crippen MR) is 67.7 cm³/mol. The van der Waals surface area contributed by atoms with E-state index < -0.39 is 0 Å². The van der Waals surface area contributed by atoms with Crippen LogP contribution in [0.4, 0.5) is 5.82 Å². The van der Waals surface area contributed by atoms with Gasteiger partial charge < -0.3 is 15.4 Å². The molecule has 16 heavy (non-hydrogen) atoms. The summed E-state index contributed by atoms with van der Waals surface area (Å²) in [6.07, 6.45) is 1.59. The number of methoxy groups -OCH3 is 1. The second kappa shape index (κ2) is 6.34. The molecule has 5 nitrogen and oxygen atoms in total. The zero-order valence-corrected chi connectivity index (χ0v) is 10.3. The summed E-state index contributed by atoms with van der Waals surface area (Å²) in [7, 11) is 1.67. The highest BCUT2D eigenvalue weighted by Crippen LogP contribution is 2.15. The first-order valence-electron chi connectivity index (χ1n) is 5.06. The van der Waals surface area contributed by atoms with E-state index in [0.717, 1.165) is 24.5 Å². The topological polar surface area (TPSA) is 64.3 Å². The number of aromatic nitrogens is 2. The Balaban J connectivity index is 2.94. The van der Waals surface area contributed by atoms with E-state index in [-0.39, 0.29) is 0 Å². The summed E-state index contributed by atoms with van der Waals surface area (Å²) in [5.41, 5.74) is 6.39. The van der Waals surface area contributed by atoms with Gasteiger partial charge in [-0.25, -0.2) is 0 Å². The fourth-order valence-corrected chi connectivity index (χ4v) is 1.52. The minimum atomic E-state index is 0.334. The minimum Gasteiger partial charge on any atom is -0.389 e. The van der Waals surface area contributed by atoms with E-state index in [1.165, 1.54) is 0 Å². The first-order chi connectivity index (χ1) is 7.70. The summed E-state index contributed by atoms with van der Waals surface area (Å²) < 4.78 is 5.04. The molecule has 0 saturated heterocycles. The number of hydrogen-bond donors (Lipinski definition) is 1. The van der Waals surface area contributed by atoms with Crippen LogP contribution in [-0.4, -0.2) is 42.0 Å². The van der Waals surface area contributed by atoms with E-state index in [2.05, 4.69) is 10.2 Å². The van der Waals surface area contributed by atoms with E-state index in [9.17, 15) is 0 Å². The Hall–Kier alpha value is -1.27. The molecule has 0 spiro atoms. The van der Waals surface area contributed by atoms with Gasteiger partial charge in [0.2, 0.25) is 0 Å². The Morgan fingerprint density at radius 2 is 2.38 bits per heavy atom. The lowest BCUT2D eigenvalue weighted by Crippen LogP contribution is -2.30. The van der Waals surface area contributed by atoms with Gasteiger partial charge >= 0.3 is 0 Å². The summed E-state index contributed by atoms with van der Waals surface area (Å²) >= 11 is 4.98. The van der Waals surface area contributed by atoms with Crippen LogP contribution in [0.25, 0.3) is 0 Å². The van der Waals surface area contributed by atoms with Gasteiger partial charge in [0.05, 0.1) is 18.4 Å². The second-order valence-electron chi connectivity index (χ2n) is 3.21. The smallest absolute Gasteiger partial charge is 0.161 e. The van der Waals surface area contributed by atoms with Gasteiger partial charge in [-0.15, -0.1) is 5.10 Å². The molecule has 6 heteroatoms. The van der Waals surface area contributed by atoms with Crippen LogP contribution in [0.2, 0.25) is 0 Å². The number of nitrogens with two attached hydrogens (primary N) is 1. The second-order valence-corrected chi connectivity index (χ2v) is 3.65. The van der Waals surface area contributed by atoms with Crippen molar-refractivity contribution in [3.8, 4) is 0 Å². The summed E-state index contributed by atoms with van der Waals surface area (Å²) in [6, 6.07) is 1.78. The first kappa shape index (κ1) is 12.8. The van der Waals surface area contributed by atoms with Crippen LogP contribution < -0.4 is 10.6 Å². The van der Waals surface area contributed by atoms with E-state index in [0.29, 0.717) is 11.6 Å². The van der Waals surface area contributed by atoms with Gasteiger partial charge in [0.15, 0.2) is 5.82 Å². The van der Waals surface area contributed by atoms with Gasteiger partial charge in [-0.05, 0) is 13.0 Å². The molecule has 88 valence electrons. The summed E-state index contributed by atoms with van der Waals surface area (Å²) in [5.74, 6) is 0.717. The lowest BCUT2D eigenvalue weighted by Gasteiger charge is -2.22. The zero-order valence-electron chi connectivity index (χ0n) is 9.51. The van der Waals surface area contributed by atoms with Crippen molar-refractivity contribution in [3.05, 3.63) is 17.8 Å². The van der Waals surface area contributed by atoms with Crippen LogP contribution in [0.1, 0.15) is 12.5 Å². The Labute approximate surface area is 101 Å². The predicted octanol–water partition coefficient (Wildman–Crippen LogP) is 0.583. The van der Waals surface area contributed by atoms with E-state index in [1.54, 1.807) is 19.4 Å². The molecule has 2 N–H and O–H groups in total. The highest BCUT2D eigenvalue weighted by atomic mass is 32.1. The van der Waals surface area contributed by atoms with Gasteiger partial charge in [-0.1, -0.05) is 12.2 Å². The van der Waals surface area contributed by atoms with Crippen molar-refractivity contribution in [2.24, 2.45) is 5.73 Å². The molecule has 0 aromatic carbocycles. The maximum atomic E-state index is 5.64. The molecule has 0 amide bonds. The molecule has 0 bridgehead atoms. The molecule has 0 fully saturated rings. The number of thiocarbonyl (C=S) groups is 1. The molecule has 1 aromatic rings. The Morgan fingerprint density at radius 1 is 1.62 bits per heavy atom. The van der Waals surface area contributed by atoms with Crippen molar-refractivity contribution in [2.75, 3.05) is 31.7 Å². The zero-order chi connectivity index (χ0) is 12.0. The normalized spacial score (nSPS) is 10.1. The van der Waals surface area contributed by atoms with Crippen molar-refractivity contribution in [1.29, 1.82) is 0 Å². The summed E-state index contributed by atoms with van der Waals surface area (Å²) in [6.45, 7) is 4.20. The minimum absolute atomic E-state index is 0.334. The van der Waals surface area contributed by atoms with Gasteiger partial charge in [-0.3, -0.25) is 0 Å². The summed E-state index contributed by atoms with van der Waals surface area (Å²) in [4.78, 5) is 2.37. The number of anilines is 1. The van der Waals surface area contributed by atoms with Crippen LogP contribution in [0, 0.1) is 0 Å². The average molecular weight is 240 g/mol. The van der Waals surface area contributed by atoms with Crippen molar-refractivity contribution >= 4 is 23.0 Å². The number of nitrogens with zero attached hydrogens (tertiary/aromatic N) is 3. The van der Waals surface area contributed by atoms with Gasteiger partial charge in [0, 0.05) is 20.2 Å². The van der Waals surface area contributed by atoms with Crippen molar-refractivity contribution in [2.45, 2.75) is 6.92 Å². The molecule has 0 aliphatic carbocycles. The molecule has 0 atom stereocenters. The summed E-state index contributed by atoms with van der Waals surface area (Å²) in [5, 5.41) is 7.93. The van der Waals surface area contributed by atoms with E-state index in [4.69, 9.17) is 22.7 Å². The molecule has 0 saturated carbocycles. The fourth-order valence-electron chi connectivity index (χ4n) is 1.37. The highest BCUT2D eigenvalue weighted by molar-refractivity contribution is 7.80. The number of hydrogen-bond acceptors (Lipinski definition) is 5. The third-order valence-electron chi connectivity index (χ3n) is 2.21. The first-order valence-corrected chi connectivity index (χ1v) is 5.46. The maximum Gasteiger partial charge on any atom is 0.161 e. The van der Waals surface area contributed by atoms with Crippen LogP contribution in [0.5, 0.6) is 0 Å². The Morgan fingerprint density at radius 3 is 2.94 bits per heavy atom. The lowest BCUT2D eigenvalue weighted by atomic mass is 10.2. The molecule has 0 aliphatic heterocycles. The van der Waals surface area contributed by atoms with Crippen LogP contribution in [0.3, 0.4) is 0 Å². The number of ether oxygens (including phenoxy) is 1. The molecule has 1 heterocycles. The van der Waals surface area contributed by atoms with Crippen molar-refractivity contribution in [1.82, 2.24) is 10.2 Å². The molecule has 0 unspecified atom stereocenters. The van der Waals surface area contributed by atoms with Gasteiger partial charge in [0.1, 0.15) is 4.99 Å². The fraction of sp³-hybridized carbons (Fsp3) is 0.500. The number of likely N-dealkylation sites (N-methyl/N-ethyl adjacent to an activating group) is 1. The van der Waals surface area contributed by atoms with Crippen LogP contribution >= 0.6 is 12.2 Å². The SMILES string of the molecule is CCN(CCOC)c1nnccc1C(N)=S. The van der Waals surface area contributed by atoms with Crippen LogP contribution in [0.15, 0.2) is 12.3 Å². The largest absolute Gasteiger partial charge is 0.389 e. The number of rotatable bonds is 6.